The third-order valence-corrected chi connectivity index (χ3v) is 3.89. The summed E-state index contributed by atoms with van der Waals surface area (Å²) in [5, 5.41) is 1.26. The van der Waals surface area contributed by atoms with Gasteiger partial charge in [-0.2, -0.15) is 0 Å². The summed E-state index contributed by atoms with van der Waals surface area (Å²) in [5.74, 6) is 1.26. The molecule has 96 valence electrons. The van der Waals surface area contributed by atoms with Crippen molar-refractivity contribution in [3.05, 3.63) is 34.6 Å². The van der Waals surface area contributed by atoms with Gasteiger partial charge in [0.05, 0.1) is 17.5 Å². The lowest BCUT2D eigenvalue weighted by atomic mass is 10.1. The predicted molar refractivity (Wildman–Crippen MR) is 76.9 cm³/mol. The number of nitrogens with zero attached hydrogens (tertiary/aromatic N) is 3. The predicted octanol–water partition coefficient (Wildman–Crippen LogP) is 3.72. The van der Waals surface area contributed by atoms with E-state index in [1.54, 1.807) is 18.8 Å². The molecule has 0 radical (unpaired) electrons. The van der Waals surface area contributed by atoms with Crippen molar-refractivity contribution in [2.75, 3.05) is 7.11 Å². The Morgan fingerprint density at radius 3 is 2.79 bits per heavy atom. The Bertz CT molecular complexity index is 743. The molecule has 0 bridgehead atoms. The molecular formula is C13H10ClN3OS. The monoisotopic (exact) mass is 291 g/mol. The van der Waals surface area contributed by atoms with E-state index in [4.69, 9.17) is 16.3 Å². The number of ether oxygens (including phenoxy) is 1. The van der Waals surface area contributed by atoms with E-state index in [2.05, 4.69) is 15.0 Å². The first-order valence-corrected chi connectivity index (χ1v) is 6.86. The molecule has 3 rings (SSSR count). The van der Waals surface area contributed by atoms with Crippen LogP contribution in [0.15, 0.2) is 23.8 Å². The Kier molecular flexibility index (Phi) is 3.08. The number of hydrogen-bond acceptors (Lipinski definition) is 5. The van der Waals surface area contributed by atoms with Crippen LogP contribution in [0.25, 0.3) is 21.6 Å². The molecule has 0 saturated heterocycles. The number of aryl methyl sites for hydroxylation is 1. The van der Waals surface area contributed by atoms with Crippen molar-refractivity contribution in [2.45, 2.75) is 6.92 Å². The summed E-state index contributed by atoms with van der Waals surface area (Å²) in [5.41, 5.74) is 3.49. The van der Waals surface area contributed by atoms with Crippen LogP contribution in [0.3, 0.4) is 0 Å². The first-order valence-electron chi connectivity index (χ1n) is 5.60. The summed E-state index contributed by atoms with van der Waals surface area (Å²) in [6, 6.07) is 3.83. The summed E-state index contributed by atoms with van der Waals surface area (Å²) in [6.45, 7) is 1.98. The number of fused-ring (bicyclic) bond motifs is 1. The van der Waals surface area contributed by atoms with Gasteiger partial charge in [-0.05, 0) is 18.6 Å². The van der Waals surface area contributed by atoms with Crippen molar-refractivity contribution >= 4 is 33.8 Å². The fraction of sp³-hybridized carbons (Fsp3) is 0.154. The lowest BCUT2D eigenvalue weighted by Gasteiger charge is -2.09. The number of rotatable bonds is 2. The minimum absolute atomic E-state index is 0.435. The second kappa shape index (κ2) is 4.75. The van der Waals surface area contributed by atoms with Crippen LogP contribution < -0.4 is 4.74 Å². The zero-order valence-corrected chi connectivity index (χ0v) is 11.9. The average Bonchev–Trinajstić information content (AvgIpc) is 2.92. The summed E-state index contributed by atoms with van der Waals surface area (Å²) >= 11 is 7.77. The molecule has 0 saturated carbocycles. The van der Waals surface area contributed by atoms with Crippen LogP contribution in [0.1, 0.15) is 5.56 Å². The van der Waals surface area contributed by atoms with Gasteiger partial charge < -0.3 is 4.74 Å². The van der Waals surface area contributed by atoms with Crippen LogP contribution in [0.4, 0.5) is 0 Å². The first-order chi connectivity index (χ1) is 9.20. The largest absolute Gasteiger partial charge is 0.494 e. The van der Waals surface area contributed by atoms with E-state index in [1.165, 1.54) is 11.3 Å². The van der Waals surface area contributed by atoms with Crippen molar-refractivity contribution in [1.29, 1.82) is 0 Å². The van der Waals surface area contributed by atoms with Crippen molar-refractivity contribution in [3.8, 4) is 16.5 Å². The maximum atomic E-state index is 6.29. The van der Waals surface area contributed by atoms with E-state index in [9.17, 15) is 0 Å². The average molecular weight is 292 g/mol. The van der Waals surface area contributed by atoms with E-state index < -0.39 is 0 Å². The highest BCUT2D eigenvalue weighted by atomic mass is 35.5. The number of benzene rings is 1. The SMILES string of the molecule is COc1ccc(C)c2c(Cl)nc(-c3cncs3)nc12. The Morgan fingerprint density at radius 1 is 1.26 bits per heavy atom. The van der Waals surface area contributed by atoms with Crippen LogP contribution in [0.5, 0.6) is 5.75 Å². The number of halogens is 1. The van der Waals surface area contributed by atoms with Crippen molar-refractivity contribution in [2.24, 2.45) is 0 Å². The third-order valence-electron chi connectivity index (χ3n) is 2.85. The van der Waals surface area contributed by atoms with Gasteiger partial charge in [0.25, 0.3) is 0 Å². The minimum Gasteiger partial charge on any atom is -0.494 e. The maximum absolute atomic E-state index is 6.29. The molecule has 0 atom stereocenters. The van der Waals surface area contributed by atoms with E-state index in [1.807, 2.05) is 19.1 Å². The van der Waals surface area contributed by atoms with Gasteiger partial charge in [0.2, 0.25) is 0 Å². The van der Waals surface area contributed by atoms with E-state index >= 15 is 0 Å². The molecule has 0 aliphatic heterocycles. The summed E-state index contributed by atoms with van der Waals surface area (Å²) < 4.78 is 5.35. The molecule has 0 spiro atoms. The van der Waals surface area contributed by atoms with Gasteiger partial charge in [-0.15, -0.1) is 11.3 Å². The molecule has 2 heterocycles. The fourth-order valence-corrected chi connectivity index (χ4v) is 2.80. The molecule has 3 aromatic rings. The van der Waals surface area contributed by atoms with Gasteiger partial charge in [0, 0.05) is 11.6 Å². The third kappa shape index (κ3) is 2.05. The molecule has 2 aromatic heterocycles. The quantitative estimate of drug-likeness (QED) is 0.675. The van der Waals surface area contributed by atoms with Crippen LogP contribution in [-0.4, -0.2) is 22.1 Å². The van der Waals surface area contributed by atoms with Crippen LogP contribution in [0, 0.1) is 6.92 Å². The molecule has 1 aromatic carbocycles. The minimum atomic E-state index is 0.435. The van der Waals surface area contributed by atoms with Gasteiger partial charge in [-0.1, -0.05) is 17.7 Å². The summed E-state index contributed by atoms with van der Waals surface area (Å²) in [7, 11) is 1.62. The van der Waals surface area contributed by atoms with Crippen LogP contribution >= 0.6 is 22.9 Å². The number of hydrogen-bond donors (Lipinski definition) is 0. The summed E-state index contributed by atoms with van der Waals surface area (Å²) in [6.07, 6.45) is 1.73. The molecule has 4 nitrogen and oxygen atoms in total. The van der Waals surface area contributed by atoms with Gasteiger partial charge in [-0.3, -0.25) is 4.98 Å². The molecule has 19 heavy (non-hydrogen) atoms. The first kappa shape index (κ1) is 12.3. The second-order valence-electron chi connectivity index (χ2n) is 4.01. The molecule has 0 fully saturated rings. The van der Waals surface area contributed by atoms with Crippen LogP contribution in [-0.2, 0) is 0 Å². The normalized spacial score (nSPS) is 10.9. The highest BCUT2D eigenvalue weighted by Crippen LogP contribution is 2.33. The molecule has 0 N–H and O–H groups in total. The number of aromatic nitrogens is 3. The molecule has 0 unspecified atom stereocenters. The van der Waals surface area contributed by atoms with E-state index in [0.29, 0.717) is 16.7 Å². The number of methoxy groups -OCH3 is 1. The molecular weight excluding hydrogens is 282 g/mol. The highest BCUT2D eigenvalue weighted by Gasteiger charge is 2.14. The zero-order valence-electron chi connectivity index (χ0n) is 10.3. The molecule has 0 aliphatic rings. The highest BCUT2D eigenvalue weighted by molar-refractivity contribution is 7.13. The smallest absolute Gasteiger partial charge is 0.173 e. The standard InChI is InChI=1S/C13H10ClN3OS/c1-7-3-4-8(18-2)11-10(7)12(14)17-13(16-11)9-5-15-6-19-9/h3-6H,1-2H3. The number of thiazole rings is 1. The Hall–Kier alpha value is -1.72. The van der Waals surface area contributed by atoms with Gasteiger partial charge in [0.15, 0.2) is 5.82 Å². The molecule has 0 aliphatic carbocycles. The van der Waals surface area contributed by atoms with E-state index in [-0.39, 0.29) is 0 Å². The second-order valence-corrected chi connectivity index (χ2v) is 5.26. The van der Waals surface area contributed by atoms with Crippen molar-refractivity contribution < 1.29 is 4.74 Å². The lowest BCUT2D eigenvalue weighted by molar-refractivity contribution is 0.419. The zero-order chi connectivity index (χ0) is 13.4. The van der Waals surface area contributed by atoms with Crippen molar-refractivity contribution in [3.63, 3.8) is 0 Å². The Labute approximate surface area is 119 Å². The topological polar surface area (TPSA) is 47.9 Å². The Balaban J connectivity index is 2.36. The lowest BCUT2D eigenvalue weighted by Crippen LogP contribution is -1.95. The van der Waals surface area contributed by atoms with Gasteiger partial charge in [-0.25, -0.2) is 9.97 Å². The summed E-state index contributed by atoms with van der Waals surface area (Å²) in [4.78, 5) is 13.8. The maximum Gasteiger partial charge on any atom is 0.173 e. The van der Waals surface area contributed by atoms with Gasteiger partial charge in [0.1, 0.15) is 16.4 Å². The van der Waals surface area contributed by atoms with Crippen LogP contribution in [0.2, 0.25) is 5.15 Å². The van der Waals surface area contributed by atoms with E-state index in [0.717, 1.165) is 21.3 Å². The Morgan fingerprint density at radius 2 is 2.11 bits per heavy atom. The molecule has 0 amide bonds. The van der Waals surface area contributed by atoms with Crippen molar-refractivity contribution in [1.82, 2.24) is 15.0 Å². The fourth-order valence-electron chi connectivity index (χ4n) is 1.93. The molecule has 6 heteroatoms. The van der Waals surface area contributed by atoms with Gasteiger partial charge >= 0.3 is 0 Å².